The van der Waals surface area contributed by atoms with E-state index in [2.05, 4.69) is 128 Å². The van der Waals surface area contributed by atoms with E-state index in [9.17, 15) is 0 Å². The number of hydrogen-bond acceptors (Lipinski definition) is 1. The third-order valence-corrected chi connectivity index (χ3v) is 7.66. The van der Waals surface area contributed by atoms with E-state index in [-0.39, 0.29) is 0 Å². The Morgan fingerprint density at radius 3 is 2.58 bits per heavy atom. The molecule has 3 aliphatic rings. The summed E-state index contributed by atoms with van der Waals surface area (Å²) in [6, 6.07) is 26.2. The first-order valence-electron chi connectivity index (χ1n) is 13.6. The van der Waals surface area contributed by atoms with Crippen LogP contribution in [0, 0.1) is 0 Å². The monoisotopic (exact) mass is 491 g/mol. The SMILES string of the molecule is C=C1/C=C(c2ccc3c(c2)C2=C(CC=C2)C3)\C=C/NC=C(/C(=C\CCC)c2ccccc2)c2ccccc21. The smallest absolute Gasteiger partial charge is 0.00899 e. The molecule has 3 aromatic rings. The Labute approximate surface area is 226 Å². The molecule has 186 valence electrons. The predicted molar refractivity (Wildman–Crippen MR) is 164 cm³/mol. The molecule has 0 bridgehead atoms. The van der Waals surface area contributed by atoms with Crippen LogP contribution in [0.1, 0.15) is 59.6 Å². The molecule has 1 N–H and O–H groups in total. The molecule has 1 aliphatic heterocycles. The van der Waals surface area contributed by atoms with Crippen molar-refractivity contribution < 1.29 is 0 Å². The van der Waals surface area contributed by atoms with Crippen LogP contribution in [0.4, 0.5) is 0 Å². The van der Waals surface area contributed by atoms with E-state index in [1.807, 2.05) is 6.20 Å². The zero-order valence-electron chi connectivity index (χ0n) is 22.0. The molecule has 0 atom stereocenters. The predicted octanol–water partition coefficient (Wildman–Crippen LogP) is 9.39. The lowest BCUT2D eigenvalue weighted by atomic mass is 9.86. The zero-order chi connectivity index (χ0) is 25.9. The van der Waals surface area contributed by atoms with Gasteiger partial charge in [-0.05, 0) is 93.2 Å². The van der Waals surface area contributed by atoms with E-state index < -0.39 is 0 Å². The van der Waals surface area contributed by atoms with Crippen molar-refractivity contribution in [2.75, 3.05) is 0 Å². The van der Waals surface area contributed by atoms with Gasteiger partial charge >= 0.3 is 0 Å². The van der Waals surface area contributed by atoms with Gasteiger partial charge in [0.15, 0.2) is 0 Å². The van der Waals surface area contributed by atoms with Gasteiger partial charge in [-0.15, -0.1) is 0 Å². The summed E-state index contributed by atoms with van der Waals surface area (Å²) in [6.45, 7) is 6.79. The minimum atomic E-state index is 1.01. The third-order valence-electron chi connectivity index (χ3n) is 7.66. The van der Waals surface area contributed by atoms with Gasteiger partial charge in [-0.3, -0.25) is 0 Å². The standard InChI is InChI=1S/C37H33N/c1-3-4-14-33(27-11-6-5-7-12-27)37-25-38-21-20-29(22-26(2)32-15-8-9-16-35(32)37)28-18-19-31-23-30-13-10-17-34(30)36(31)24-28/h5-12,14-22,24-25,38H,2-4,13,23H2,1H3/b21-20-,29-22+,33-14-,37-25?. The second kappa shape index (κ2) is 10.6. The van der Waals surface area contributed by atoms with Crippen LogP contribution in [0.25, 0.3) is 27.9 Å². The van der Waals surface area contributed by atoms with Gasteiger partial charge in [-0.1, -0.05) is 110 Å². The van der Waals surface area contributed by atoms with Crippen molar-refractivity contribution in [1.29, 1.82) is 0 Å². The molecule has 1 nitrogen and oxygen atoms in total. The van der Waals surface area contributed by atoms with Crippen LogP contribution in [0.3, 0.4) is 0 Å². The van der Waals surface area contributed by atoms with Crippen molar-refractivity contribution in [2.45, 2.75) is 32.6 Å². The molecule has 1 heteroatoms. The number of hydrogen-bond donors (Lipinski definition) is 1. The van der Waals surface area contributed by atoms with Gasteiger partial charge in [-0.2, -0.15) is 0 Å². The van der Waals surface area contributed by atoms with E-state index in [0.29, 0.717) is 0 Å². The number of rotatable bonds is 5. The van der Waals surface area contributed by atoms with E-state index in [0.717, 1.165) is 42.4 Å². The molecule has 2 aliphatic carbocycles. The first-order chi connectivity index (χ1) is 18.7. The Hall–Kier alpha value is -4.36. The maximum atomic E-state index is 4.56. The molecule has 0 unspecified atom stereocenters. The summed E-state index contributed by atoms with van der Waals surface area (Å²) in [5.41, 5.74) is 15.1. The number of unbranched alkanes of at least 4 members (excludes halogenated alkanes) is 1. The highest BCUT2D eigenvalue weighted by molar-refractivity contribution is 6.07. The van der Waals surface area contributed by atoms with Gasteiger partial charge in [0.25, 0.3) is 0 Å². The number of fused-ring (bicyclic) bond motifs is 3. The van der Waals surface area contributed by atoms with Crippen LogP contribution in [-0.2, 0) is 6.42 Å². The molecule has 0 saturated carbocycles. The molecule has 38 heavy (non-hydrogen) atoms. The first kappa shape index (κ1) is 24.0. The molecular formula is C37H33N. The lowest BCUT2D eigenvalue weighted by molar-refractivity contribution is 0.960. The Kier molecular flexibility index (Phi) is 6.67. The molecule has 3 aromatic carbocycles. The number of nitrogens with one attached hydrogen (secondary N) is 1. The summed E-state index contributed by atoms with van der Waals surface area (Å²) in [5.74, 6) is 0. The highest BCUT2D eigenvalue weighted by Crippen LogP contribution is 2.41. The average molecular weight is 492 g/mol. The van der Waals surface area contributed by atoms with Gasteiger partial charge in [0.05, 0.1) is 0 Å². The topological polar surface area (TPSA) is 12.0 Å². The Bertz CT molecular complexity index is 1580. The summed E-state index contributed by atoms with van der Waals surface area (Å²) < 4.78 is 0. The van der Waals surface area contributed by atoms with Crippen LogP contribution in [-0.4, -0.2) is 0 Å². The quantitative estimate of drug-likeness (QED) is 0.375. The number of benzene rings is 3. The largest absolute Gasteiger partial charge is 0.367 e. The van der Waals surface area contributed by atoms with Crippen LogP contribution in [0.15, 0.2) is 128 Å². The fourth-order valence-electron chi connectivity index (χ4n) is 5.74. The molecule has 1 heterocycles. The molecule has 6 rings (SSSR count). The average Bonchev–Trinajstić information content (AvgIpc) is 3.55. The summed E-state index contributed by atoms with van der Waals surface area (Å²) >= 11 is 0. The van der Waals surface area contributed by atoms with Crippen LogP contribution in [0.2, 0.25) is 0 Å². The second-order valence-electron chi connectivity index (χ2n) is 10.2. The maximum Gasteiger partial charge on any atom is 0.00899 e. The minimum absolute atomic E-state index is 1.01. The molecule has 0 spiro atoms. The fraction of sp³-hybridized carbons (Fsp3) is 0.135. The zero-order valence-corrected chi connectivity index (χ0v) is 22.0. The van der Waals surface area contributed by atoms with E-state index >= 15 is 0 Å². The van der Waals surface area contributed by atoms with Gasteiger partial charge < -0.3 is 5.32 Å². The van der Waals surface area contributed by atoms with Crippen LogP contribution in [0.5, 0.6) is 0 Å². The van der Waals surface area contributed by atoms with Gasteiger partial charge in [0.2, 0.25) is 0 Å². The van der Waals surface area contributed by atoms with Crippen molar-refractivity contribution >= 4 is 27.9 Å². The van der Waals surface area contributed by atoms with Gasteiger partial charge in [0.1, 0.15) is 0 Å². The summed E-state index contributed by atoms with van der Waals surface area (Å²) in [4.78, 5) is 0. The lowest BCUT2D eigenvalue weighted by Gasteiger charge is -2.19. The second-order valence-corrected chi connectivity index (χ2v) is 10.2. The third kappa shape index (κ3) is 4.57. The summed E-state index contributed by atoms with van der Waals surface area (Å²) in [7, 11) is 0. The summed E-state index contributed by atoms with van der Waals surface area (Å²) in [6.07, 6.45) is 19.8. The summed E-state index contributed by atoms with van der Waals surface area (Å²) in [5, 5.41) is 3.50. The molecule has 0 amide bonds. The fourth-order valence-corrected chi connectivity index (χ4v) is 5.74. The Morgan fingerprint density at radius 2 is 1.74 bits per heavy atom. The number of allylic oxidation sites excluding steroid dienone is 11. The Balaban J connectivity index is 1.43. The molecular weight excluding hydrogens is 458 g/mol. The highest BCUT2D eigenvalue weighted by Gasteiger charge is 2.22. The first-order valence-corrected chi connectivity index (χ1v) is 13.6. The van der Waals surface area contributed by atoms with Crippen molar-refractivity contribution in [3.8, 4) is 0 Å². The molecule has 0 aromatic heterocycles. The van der Waals surface area contributed by atoms with Crippen LogP contribution < -0.4 is 5.32 Å². The highest BCUT2D eigenvalue weighted by atomic mass is 14.8. The molecule has 0 saturated heterocycles. The van der Waals surface area contributed by atoms with E-state index in [1.54, 1.807) is 5.57 Å². The minimum Gasteiger partial charge on any atom is -0.367 e. The van der Waals surface area contributed by atoms with E-state index in [1.165, 1.54) is 44.5 Å². The van der Waals surface area contributed by atoms with Crippen molar-refractivity contribution in [3.63, 3.8) is 0 Å². The molecule has 0 radical (unpaired) electrons. The normalized spacial score (nSPS) is 18.7. The van der Waals surface area contributed by atoms with E-state index in [4.69, 9.17) is 0 Å². The van der Waals surface area contributed by atoms with Crippen molar-refractivity contribution in [3.05, 3.63) is 161 Å². The lowest BCUT2D eigenvalue weighted by Crippen LogP contribution is -2.03. The molecule has 0 fully saturated rings. The van der Waals surface area contributed by atoms with Crippen LogP contribution >= 0.6 is 0 Å². The maximum absolute atomic E-state index is 4.56. The van der Waals surface area contributed by atoms with Crippen molar-refractivity contribution in [1.82, 2.24) is 5.32 Å². The van der Waals surface area contributed by atoms with Gasteiger partial charge in [-0.25, -0.2) is 0 Å². The Morgan fingerprint density at radius 1 is 0.921 bits per heavy atom. The van der Waals surface area contributed by atoms with Crippen molar-refractivity contribution in [2.24, 2.45) is 0 Å². The van der Waals surface area contributed by atoms with Gasteiger partial charge in [0, 0.05) is 18.0 Å².